The number of benzene rings is 1. The summed E-state index contributed by atoms with van der Waals surface area (Å²) in [5.74, 6) is 0. The molecule has 88 valence electrons. The maximum Gasteiger partial charge on any atom is 0.430 e. The van der Waals surface area contributed by atoms with Crippen molar-refractivity contribution in [3.63, 3.8) is 0 Å². The van der Waals surface area contributed by atoms with Crippen LogP contribution < -0.4 is 11.5 Å². The molecule has 1 aromatic rings. The van der Waals surface area contributed by atoms with Gasteiger partial charge in [-0.2, -0.15) is 13.2 Å². The van der Waals surface area contributed by atoms with Crippen LogP contribution in [0.4, 0.5) is 24.5 Å². The molecule has 2 radical (unpaired) electrons. The van der Waals surface area contributed by atoms with Crippen molar-refractivity contribution >= 4 is 32.2 Å². The highest BCUT2D eigenvalue weighted by atomic mass is 27.0. The van der Waals surface area contributed by atoms with Crippen molar-refractivity contribution in [1.29, 1.82) is 0 Å². The van der Waals surface area contributed by atoms with E-state index in [0.29, 0.717) is 11.4 Å². The summed E-state index contributed by atoms with van der Waals surface area (Å²) in [6.07, 6.45) is -3.79. The summed E-state index contributed by atoms with van der Waals surface area (Å²) < 4.78 is 36.5. The van der Waals surface area contributed by atoms with Gasteiger partial charge in [-0.1, -0.05) is 4.57 Å². The van der Waals surface area contributed by atoms with E-state index in [9.17, 15) is 13.2 Å². The Balaban J connectivity index is 2.90. The van der Waals surface area contributed by atoms with Crippen LogP contribution in [0.2, 0.25) is 0 Å². The second-order valence-corrected chi connectivity index (χ2v) is 3.82. The minimum absolute atomic E-state index is 0.0876. The molecule has 0 amide bonds. The van der Waals surface area contributed by atoms with Crippen LogP contribution in [0.5, 0.6) is 0 Å². The van der Waals surface area contributed by atoms with Crippen LogP contribution in [0.15, 0.2) is 41.0 Å². The van der Waals surface area contributed by atoms with Crippen molar-refractivity contribution in [2.45, 2.75) is 6.18 Å². The maximum atomic E-state index is 12.1. The number of halogens is 3. The summed E-state index contributed by atoms with van der Waals surface area (Å²) in [5, 5.41) is 0. The van der Waals surface area contributed by atoms with Gasteiger partial charge < -0.3 is 11.5 Å². The first-order valence-corrected chi connectivity index (χ1v) is 5.11. The molecule has 1 aromatic carbocycles. The molecular weight excluding hydrogens is 246 g/mol. The summed E-state index contributed by atoms with van der Waals surface area (Å²) in [7, 11) is 0. The van der Waals surface area contributed by atoms with Crippen LogP contribution in [0.1, 0.15) is 0 Å². The zero-order chi connectivity index (χ0) is 13.1. The molecule has 0 unspecified atom stereocenters. The largest absolute Gasteiger partial charge is 0.430 e. The molecule has 0 aliphatic carbocycles. The molecule has 4 N–H and O–H groups in total. The van der Waals surface area contributed by atoms with E-state index in [1.54, 1.807) is 24.3 Å². The number of nitrogens with two attached hydrogens (primary N) is 2. The van der Waals surface area contributed by atoms with Crippen molar-refractivity contribution in [2.24, 2.45) is 10.7 Å². The normalized spacial score (nSPS) is 13.8. The predicted molar refractivity (Wildman–Crippen MR) is 62.0 cm³/mol. The van der Waals surface area contributed by atoms with E-state index in [0.717, 1.165) is 6.08 Å². The monoisotopic (exact) mass is 255 g/mol. The Morgan fingerprint density at radius 1 is 1.24 bits per heavy atom. The number of nitrogen functional groups attached to an aromatic ring is 1. The molecule has 17 heavy (non-hydrogen) atoms. The Morgan fingerprint density at radius 3 is 2.24 bits per heavy atom. The lowest BCUT2D eigenvalue weighted by Crippen LogP contribution is -2.20. The smallest absolute Gasteiger partial charge is 0.399 e. The minimum Gasteiger partial charge on any atom is -0.399 e. The summed E-state index contributed by atoms with van der Waals surface area (Å²) in [6, 6.07) is 6.40. The molecule has 0 aromatic heterocycles. The van der Waals surface area contributed by atoms with Crippen molar-refractivity contribution in [3.05, 3.63) is 36.0 Å². The Hall–Kier alpha value is -1.45. The fourth-order valence-corrected chi connectivity index (χ4v) is 1.30. The van der Waals surface area contributed by atoms with Gasteiger partial charge in [0, 0.05) is 5.69 Å². The lowest BCUT2D eigenvalue weighted by atomic mass is 10.3. The van der Waals surface area contributed by atoms with Gasteiger partial charge in [0.1, 0.15) is 5.70 Å². The van der Waals surface area contributed by atoms with E-state index in [1.165, 1.54) is 0 Å². The molecule has 0 aliphatic rings. The van der Waals surface area contributed by atoms with Crippen molar-refractivity contribution in [3.8, 4) is 0 Å². The minimum atomic E-state index is -4.54. The Labute approximate surface area is 104 Å². The van der Waals surface area contributed by atoms with E-state index in [4.69, 9.17) is 11.5 Å². The first-order valence-electron chi connectivity index (χ1n) is 4.53. The first kappa shape index (κ1) is 13.6. The molecule has 1 rings (SSSR count). The first-order chi connectivity index (χ1) is 7.79. The molecule has 0 fully saturated rings. The van der Waals surface area contributed by atoms with Gasteiger partial charge in [0.05, 0.1) is 5.69 Å². The van der Waals surface area contributed by atoms with E-state index < -0.39 is 11.9 Å². The Morgan fingerprint density at radius 2 is 1.76 bits per heavy atom. The second-order valence-electron chi connectivity index (χ2n) is 3.23. The van der Waals surface area contributed by atoms with Gasteiger partial charge in [0.15, 0.2) is 0 Å². The maximum absolute atomic E-state index is 12.1. The highest BCUT2D eigenvalue weighted by Crippen LogP contribution is 2.21. The zero-order valence-corrected chi connectivity index (χ0v) is 9.85. The highest BCUT2D eigenvalue weighted by molar-refractivity contribution is 6.63. The van der Waals surface area contributed by atoms with E-state index in [-0.39, 0.29) is 4.57 Å². The molecule has 7 heteroatoms. The molecule has 3 nitrogen and oxygen atoms in total. The van der Waals surface area contributed by atoms with Gasteiger partial charge in [-0.15, -0.1) is 0 Å². The number of anilines is 1. The van der Waals surface area contributed by atoms with Crippen molar-refractivity contribution in [1.82, 2.24) is 0 Å². The van der Waals surface area contributed by atoms with Crippen molar-refractivity contribution < 1.29 is 13.2 Å². The molecule has 0 heterocycles. The van der Waals surface area contributed by atoms with Gasteiger partial charge in [0.2, 0.25) is 16.3 Å². The third-order valence-electron chi connectivity index (χ3n) is 1.78. The van der Waals surface area contributed by atoms with E-state index >= 15 is 0 Å². The molecule has 0 bridgehead atoms. The van der Waals surface area contributed by atoms with Crippen LogP contribution in [-0.4, -0.2) is 27.0 Å². The van der Waals surface area contributed by atoms with Gasteiger partial charge in [0.25, 0.3) is 0 Å². The molecule has 0 atom stereocenters. The molecule has 0 spiro atoms. The number of aliphatic imine (C=N–C) groups is 1. The summed E-state index contributed by atoms with van der Waals surface area (Å²) in [4.78, 5) is 3.92. The highest BCUT2D eigenvalue weighted by Gasteiger charge is 2.31. The number of allylic oxidation sites excluding steroid dienone is 2. The molecule has 0 saturated heterocycles. The van der Waals surface area contributed by atoms with Crippen LogP contribution in [0.3, 0.4) is 0 Å². The SMILES string of the molecule is NC(=C[C]([Al])=Nc1ccc(N)cc1)C(F)(F)F. The van der Waals surface area contributed by atoms with E-state index in [2.05, 4.69) is 21.3 Å². The fourth-order valence-electron chi connectivity index (χ4n) is 0.971. The molecular formula is C10H9AlF3N3. The average Bonchev–Trinajstić information content (AvgIpc) is 2.20. The standard InChI is InChI=1S/C10H9F3N3.Al/c11-10(12,13)9(15)5-6-16-8-3-1-7(14)2-4-8;/h1-5H,14-15H2;. The lowest BCUT2D eigenvalue weighted by Gasteiger charge is -2.06. The third kappa shape index (κ3) is 4.51. The molecule has 0 aliphatic heterocycles. The summed E-state index contributed by atoms with van der Waals surface area (Å²) in [6.45, 7) is 0. The van der Waals surface area contributed by atoms with Gasteiger partial charge in [-0.3, -0.25) is 4.99 Å². The Kier molecular flexibility index (Phi) is 4.21. The average molecular weight is 255 g/mol. The fraction of sp³-hybridized carbons (Fsp3) is 0.100. The number of rotatable bonds is 2. The Bertz CT molecular complexity index is 449. The third-order valence-corrected chi connectivity index (χ3v) is 2.08. The summed E-state index contributed by atoms with van der Waals surface area (Å²) >= 11 is 2.08. The summed E-state index contributed by atoms with van der Waals surface area (Å²) in [5.41, 5.74) is 10.2. The number of hydrogen-bond donors (Lipinski definition) is 2. The van der Waals surface area contributed by atoms with Gasteiger partial charge in [-0.25, -0.2) is 0 Å². The van der Waals surface area contributed by atoms with Gasteiger partial charge in [-0.05, 0) is 30.3 Å². The number of hydrogen-bond acceptors (Lipinski definition) is 3. The topological polar surface area (TPSA) is 64.4 Å². The predicted octanol–water partition coefficient (Wildman–Crippen LogP) is 1.87. The second kappa shape index (κ2) is 5.26. The molecule has 0 saturated carbocycles. The van der Waals surface area contributed by atoms with Crippen LogP contribution in [0, 0.1) is 0 Å². The van der Waals surface area contributed by atoms with Crippen molar-refractivity contribution in [2.75, 3.05) is 5.73 Å². The number of nitrogens with zero attached hydrogens (tertiary/aromatic N) is 1. The quantitative estimate of drug-likeness (QED) is 0.481. The van der Waals surface area contributed by atoms with Gasteiger partial charge >= 0.3 is 6.18 Å². The lowest BCUT2D eigenvalue weighted by molar-refractivity contribution is -0.0925. The number of alkyl halides is 3. The van der Waals surface area contributed by atoms with E-state index in [1.807, 2.05) is 0 Å². The van der Waals surface area contributed by atoms with Crippen LogP contribution in [0.25, 0.3) is 0 Å². The van der Waals surface area contributed by atoms with Crippen LogP contribution in [-0.2, 0) is 0 Å². The zero-order valence-electron chi connectivity index (χ0n) is 8.70. The van der Waals surface area contributed by atoms with Crippen LogP contribution >= 0.6 is 0 Å².